The average molecular weight is 1520 g/mol. The zero-order valence-electron chi connectivity index (χ0n) is 62.2. The smallest absolute Gasteiger partial charge is 0.311 e. The van der Waals surface area contributed by atoms with Crippen molar-refractivity contribution in [3.63, 3.8) is 0 Å². The van der Waals surface area contributed by atoms with Crippen LogP contribution in [-0.4, -0.2) is 123 Å². The first-order valence-corrected chi connectivity index (χ1v) is 38.9. The average Bonchev–Trinajstić information content (AvgIpc) is 1.59. The number of hydrogen-bond acceptors (Lipinski definition) is 18. The van der Waals surface area contributed by atoms with E-state index in [-0.39, 0.29) is 47.5 Å². The van der Waals surface area contributed by atoms with Crippen LogP contribution in [0, 0.1) is 32.1 Å². The number of fused-ring (bicyclic) bond motifs is 3. The third-order valence-corrected chi connectivity index (χ3v) is 19.5. The number of nitrogens with one attached hydrogen (secondary N) is 5. The summed E-state index contributed by atoms with van der Waals surface area (Å²) in [5, 5.41) is 39.0. The maximum Gasteiger partial charge on any atom is 0.311 e. The first-order chi connectivity index (χ1) is 50.1. The number of unbranched alkanes of at least 4 members (excludes halogenated alkanes) is 9. The number of methoxy groups -OCH3 is 1. The fraction of sp³-hybridized carbons (Fsp3) is 0.480. The number of benzene rings is 4. The van der Waals surface area contributed by atoms with E-state index in [1.54, 1.807) is 45.7 Å². The summed E-state index contributed by atoms with van der Waals surface area (Å²) in [6.07, 6.45) is 16.3. The van der Waals surface area contributed by atoms with E-state index in [2.05, 4.69) is 78.9 Å². The molecule has 10 rings (SSSR count). The van der Waals surface area contributed by atoms with Gasteiger partial charge < -0.3 is 38.9 Å². The number of halogens is 2. The quantitative estimate of drug-likeness (QED) is 0.0157. The number of aromatic hydroxyl groups is 1. The van der Waals surface area contributed by atoms with Gasteiger partial charge in [-0.1, -0.05) is 133 Å². The maximum atomic E-state index is 13.5. The van der Waals surface area contributed by atoms with E-state index in [1.165, 1.54) is 80.6 Å². The molecule has 6 aromatic heterocycles. The van der Waals surface area contributed by atoms with Crippen LogP contribution in [0.15, 0.2) is 102 Å². The Morgan fingerprint density at radius 3 is 1.77 bits per heavy atom. The third-order valence-electron chi connectivity index (χ3n) is 17.2. The number of aromatic amines is 3. The highest BCUT2D eigenvalue weighted by Gasteiger charge is 2.31. The lowest BCUT2D eigenvalue weighted by molar-refractivity contribution is -0.151. The van der Waals surface area contributed by atoms with Gasteiger partial charge >= 0.3 is 5.97 Å². The number of hydrogen-bond donors (Lipinski definition) is 6. The highest BCUT2D eigenvalue weighted by atomic mass is 35.5. The summed E-state index contributed by atoms with van der Waals surface area (Å²) in [6, 6.07) is 27.7. The lowest BCUT2D eigenvalue weighted by Gasteiger charge is -2.23. The number of carbonyl (C=O) groups is 3. The van der Waals surface area contributed by atoms with Gasteiger partial charge in [0.15, 0.2) is 51.7 Å². The highest BCUT2D eigenvalue weighted by molar-refractivity contribution is 7.80. The van der Waals surface area contributed by atoms with Gasteiger partial charge in [0.25, 0.3) is 5.91 Å². The molecule has 0 saturated heterocycles. The molecule has 0 saturated carbocycles. The lowest BCUT2D eigenvalue weighted by Crippen LogP contribution is -2.43. The number of ether oxygens (including phenoxy) is 4. The monoisotopic (exact) mass is 1520 g/mol. The topological polar surface area (TPSA) is 323 Å². The SMILES string of the molecule is CCCCCCCCCCCCC(Oc1ccc(OS(=O)c2ccc(O)cc2)cc1)C(=O)NC(C)Cc1nc2c(Cl)c(C)[nH]n2n1.COC(=O)C(C)(C)CCC(C)C(=O)Nc1ccc(OCCCc2nc3c(Oc4ccc(C)cc4)c(C(C)(C)C)[nH]n3n2)cc1.Cc1[nH]n2nc(COS(C)=O)nc2c1Cl. The molecule has 0 aliphatic heterocycles. The Hall–Kier alpha value is -8.83. The van der Waals surface area contributed by atoms with Crippen LogP contribution in [0.25, 0.3) is 16.9 Å². The molecule has 6 heterocycles. The molecule has 0 aliphatic carbocycles. The Balaban J connectivity index is 0.000000221. The fourth-order valence-corrected chi connectivity index (χ4v) is 12.4. The van der Waals surface area contributed by atoms with Gasteiger partial charge in [0.05, 0.1) is 41.1 Å². The number of aromatic nitrogens is 12. The molecule has 4 aromatic carbocycles. The van der Waals surface area contributed by atoms with E-state index in [9.17, 15) is 27.9 Å². The van der Waals surface area contributed by atoms with Crippen LogP contribution in [0.2, 0.25) is 10.0 Å². The molecule has 0 radical (unpaired) electrons. The summed E-state index contributed by atoms with van der Waals surface area (Å²) in [7, 11) is 1.38. The minimum atomic E-state index is -1.74. The molecule has 30 heteroatoms. The van der Waals surface area contributed by atoms with Gasteiger partial charge in [0.1, 0.15) is 45.4 Å². The first kappa shape index (κ1) is 81.8. The van der Waals surface area contributed by atoms with Crippen LogP contribution in [0.4, 0.5) is 5.69 Å². The minimum absolute atomic E-state index is 0.0874. The third kappa shape index (κ3) is 24.6. The number of H-pyrrole nitrogens is 3. The Labute approximate surface area is 628 Å². The van der Waals surface area contributed by atoms with Gasteiger partial charge in [0.2, 0.25) is 22.6 Å². The molecule has 0 bridgehead atoms. The number of anilines is 1. The molecule has 26 nitrogen and oxygen atoms in total. The molecule has 2 amide bonds. The van der Waals surface area contributed by atoms with E-state index < -0.39 is 33.7 Å². The second kappa shape index (κ2) is 39.0. The summed E-state index contributed by atoms with van der Waals surface area (Å²) >= 11 is 9.20. The first-order valence-electron chi connectivity index (χ1n) is 35.5. The summed E-state index contributed by atoms with van der Waals surface area (Å²) in [5.74, 6) is 4.05. The van der Waals surface area contributed by atoms with Crippen LogP contribution in [-0.2, 0) is 70.3 Å². The molecule has 0 aliphatic rings. The van der Waals surface area contributed by atoms with E-state index in [4.69, 9.17) is 55.5 Å². The van der Waals surface area contributed by atoms with Crippen molar-refractivity contribution >= 4 is 85.8 Å². The number of phenolic OH excluding ortho intramolecular Hbond substituents is 1. The summed E-state index contributed by atoms with van der Waals surface area (Å²) in [5.41, 5.74) is 5.35. The molecule has 0 fully saturated rings. The number of carbonyl (C=O) groups excluding carboxylic acids is 3. The van der Waals surface area contributed by atoms with E-state index in [1.807, 2.05) is 97.0 Å². The Morgan fingerprint density at radius 2 is 1.18 bits per heavy atom. The van der Waals surface area contributed by atoms with Gasteiger partial charge in [-0.3, -0.25) is 33.9 Å². The Bertz CT molecular complexity index is 4470. The Morgan fingerprint density at radius 1 is 0.638 bits per heavy atom. The second-order valence-corrected chi connectivity index (χ2v) is 30.7. The number of nitrogens with zero attached hydrogens (tertiary/aromatic N) is 9. The van der Waals surface area contributed by atoms with Crippen LogP contribution in [0.3, 0.4) is 0 Å². The normalized spacial score (nSPS) is 13.1. The molecule has 105 heavy (non-hydrogen) atoms. The maximum absolute atomic E-state index is 13.5. The largest absolute Gasteiger partial charge is 0.508 e. The van der Waals surface area contributed by atoms with Gasteiger partial charge in [-0.05, 0) is 159 Å². The summed E-state index contributed by atoms with van der Waals surface area (Å²) < 4.78 is 61.7. The number of aryl methyl sites for hydroxylation is 4. The summed E-state index contributed by atoms with van der Waals surface area (Å²) in [6.45, 7) is 22.4. The number of amides is 2. The van der Waals surface area contributed by atoms with E-state index >= 15 is 0 Å². The Kier molecular flexibility index (Phi) is 30.4. The predicted octanol–water partition coefficient (Wildman–Crippen LogP) is 15.5. The zero-order valence-corrected chi connectivity index (χ0v) is 65.4. The van der Waals surface area contributed by atoms with Crippen molar-refractivity contribution in [3.05, 3.63) is 147 Å². The molecular weight excluding hydrogens is 1420 g/mol. The molecule has 5 atom stereocenters. The zero-order chi connectivity index (χ0) is 76.0. The van der Waals surface area contributed by atoms with Crippen molar-refractivity contribution in [1.29, 1.82) is 0 Å². The fourth-order valence-electron chi connectivity index (χ4n) is 11.0. The number of phenols is 1. The molecule has 5 unspecified atom stereocenters. The van der Waals surface area contributed by atoms with Crippen LogP contribution >= 0.6 is 23.2 Å². The van der Waals surface area contributed by atoms with Crippen LogP contribution in [0.1, 0.15) is 185 Å². The van der Waals surface area contributed by atoms with Crippen molar-refractivity contribution < 1.29 is 55.2 Å². The lowest BCUT2D eigenvalue weighted by atomic mass is 9.85. The molecular formula is C75H100Cl2N14O12S2. The molecule has 568 valence electrons. The van der Waals surface area contributed by atoms with Crippen molar-refractivity contribution in [2.24, 2.45) is 11.3 Å². The number of esters is 1. The molecule has 10 aromatic rings. The van der Waals surface area contributed by atoms with Gasteiger partial charge in [-0.2, -0.15) is 9.26 Å². The standard InChI is InChI=1S/C34H46ClN5O5S.C34H45N5O5.C7H9ClN4O2S/c1-4-5-6-7-8-9-10-11-12-13-14-30(34(42)36-24(2)23-31-37-33-32(35)25(3)38-40(33)39-31)44-27-17-19-28(20-18-27)45-46(43)29-21-15-26(41)16-22-29;1-22-11-15-26(16-12-22)44-28-29(33(3,4)5)38-39-30(28)36-27(37-39)10-9-21-43-25-17-13-24(14-18-25)35-31(40)23(2)19-20-34(6,7)32(41)42-8;1-4-6(8)7-9-5(3-14-15(2)13)11-12(7)10-4/h15-22,24,30,38,41H,4-14,23H2,1-3H3,(H,36,42);11-18,23,38H,9-10,19-21H2,1-8H3,(H,35,40);10H,3H2,1-2H3. The van der Waals surface area contributed by atoms with Crippen molar-refractivity contribution in [3.8, 4) is 34.5 Å². The highest BCUT2D eigenvalue weighted by Crippen LogP contribution is 2.37. The minimum Gasteiger partial charge on any atom is -0.508 e. The van der Waals surface area contributed by atoms with Gasteiger partial charge in [-0.15, -0.1) is 19.9 Å². The van der Waals surface area contributed by atoms with Gasteiger partial charge in [-0.25, -0.2) is 23.4 Å². The summed E-state index contributed by atoms with van der Waals surface area (Å²) in [4.78, 5) is 51.9. The predicted molar refractivity (Wildman–Crippen MR) is 407 cm³/mol. The van der Waals surface area contributed by atoms with Gasteiger partial charge in [0, 0.05) is 42.2 Å². The molecule has 0 spiro atoms. The van der Waals surface area contributed by atoms with Crippen molar-refractivity contribution in [1.82, 2.24) is 64.8 Å². The molecule has 6 N–H and O–H groups in total. The van der Waals surface area contributed by atoms with Crippen LogP contribution < -0.4 is 29.0 Å². The van der Waals surface area contributed by atoms with Crippen molar-refractivity contribution in [2.45, 2.75) is 208 Å². The van der Waals surface area contributed by atoms with Crippen molar-refractivity contribution in [2.75, 3.05) is 25.3 Å². The number of rotatable bonds is 36. The van der Waals surface area contributed by atoms with Crippen LogP contribution in [0.5, 0.6) is 34.5 Å². The van der Waals surface area contributed by atoms with E-state index in [0.717, 1.165) is 48.5 Å². The second-order valence-electron chi connectivity index (χ2n) is 27.8. The van der Waals surface area contributed by atoms with E-state index in [0.29, 0.717) is 117 Å².